The monoisotopic (exact) mass is 1180 g/mol. The lowest BCUT2D eigenvalue weighted by molar-refractivity contribution is -0.143. The van der Waals surface area contributed by atoms with Gasteiger partial charge in [-0.25, -0.2) is 0 Å². The fourth-order valence-electron chi connectivity index (χ4n) is 12.3. The lowest BCUT2D eigenvalue weighted by Gasteiger charge is -2.20. The third-order valence-electron chi connectivity index (χ3n) is 18.2. The normalized spacial score (nSPS) is 12.6. The molecular weight excluding hydrogens is 1030 g/mol. The van der Waals surface area contributed by atoms with Crippen molar-refractivity contribution >= 4 is 11.9 Å². The van der Waals surface area contributed by atoms with E-state index in [0.717, 1.165) is 38.5 Å². The number of aliphatic hydroxyl groups is 2. The summed E-state index contributed by atoms with van der Waals surface area (Å²) in [5.41, 5.74) is 0. The molecule has 0 aliphatic carbocycles. The Kier molecular flexibility index (Phi) is 72.3. The number of esters is 1. The van der Waals surface area contributed by atoms with Crippen molar-refractivity contribution in [3.05, 3.63) is 24.3 Å². The van der Waals surface area contributed by atoms with E-state index >= 15 is 0 Å². The number of allylic oxidation sites excluding steroid dienone is 3. The molecule has 498 valence electrons. The van der Waals surface area contributed by atoms with Crippen molar-refractivity contribution < 1.29 is 24.5 Å². The number of ether oxygens (including phenoxy) is 1. The fourth-order valence-corrected chi connectivity index (χ4v) is 12.3. The molecule has 0 aromatic heterocycles. The molecule has 0 saturated heterocycles. The minimum atomic E-state index is -0.841. The Labute approximate surface area is 526 Å². The molecule has 0 aliphatic heterocycles. The molecule has 0 heterocycles. The van der Waals surface area contributed by atoms with E-state index in [2.05, 4.69) is 31.3 Å². The van der Waals surface area contributed by atoms with Crippen molar-refractivity contribution in [3.8, 4) is 0 Å². The highest BCUT2D eigenvalue weighted by atomic mass is 16.5. The molecule has 0 radical (unpaired) electrons. The Morgan fingerprint density at radius 1 is 0.321 bits per heavy atom. The second-order valence-corrected chi connectivity index (χ2v) is 26.7. The van der Waals surface area contributed by atoms with E-state index in [1.807, 2.05) is 6.08 Å². The maximum atomic E-state index is 12.5. The SMILES string of the molecule is CCCCCCCCCCCCCC/C=C/C(O)C(CO)NC(=O)CCCCCCCCCCCCCCCCCCC/C=C\CCCCCCCCCCCCCCCCCCOC(=O)CCCCCCCCCCCCCCCCCC. The van der Waals surface area contributed by atoms with E-state index in [9.17, 15) is 19.8 Å². The Morgan fingerprint density at radius 3 is 0.845 bits per heavy atom. The first kappa shape index (κ1) is 82.3. The second-order valence-electron chi connectivity index (χ2n) is 26.7. The number of aliphatic hydroxyl groups excluding tert-OH is 2. The summed E-state index contributed by atoms with van der Waals surface area (Å²) in [5, 5.41) is 23.2. The lowest BCUT2D eigenvalue weighted by atomic mass is 10.0. The summed E-state index contributed by atoms with van der Waals surface area (Å²) in [4.78, 5) is 24.6. The molecular formula is C78H151NO5. The summed E-state index contributed by atoms with van der Waals surface area (Å²) in [7, 11) is 0. The van der Waals surface area contributed by atoms with Crippen LogP contribution in [-0.4, -0.2) is 47.4 Å². The predicted octanol–water partition coefficient (Wildman–Crippen LogP) is 25.3. The van der Waals surface area contributed by atoms with Crippen LogP contribution < -0.4 is 5.32 Å². The summed E-state index contributed by atoms with van der Waals surface area (Å²) in [6, 6.07) is -0.624. The zero-order valence-corrected chi connectivity index (χ0v) is 57.2. The van der Waals surface area contributed by atoms with Crippen LogP contribution in [-0.2, 0) is 14.3 Å². The van der Waals surface area contributed by atoms with Crippen LogP contribution in [0.25, 0.3) is 0 Å². The maximum absolute atomic E-state index is 12.5. The number of nitrogens with one attached hydrogen (secondary N) is 1. The number of hydrogen-bond donors (Lipinski definition) is 3. The van der Waals surface area contributed by atoms with Gasteiger partial charge >= 0.3 is 5.97 Å². The highest BCUT2D eigenvalue weighted by Gasteiger charge is 2.18. The first-order chi connectivity index (χ1) is 41.5. The zero-order chi connectivity index (χ0) is 60.6. The largest absolute Gasteiger partial charge is 0.466 e. The minimum Gasteiger partial charge on any atom is -0.466 e. The van der Waals surface area contributed by atoms with Crippen LogP contribution in [0.15, 0.2) is 24.3 Å². The van der Waals surface area contributed by atoms with Gasteiger partial charge in [-0.15, -0.1) is 0 Å². The predicted molar refractivity (Wildman–Crippen MR) is 370 cm³/mol. The van der Waals surface area contributed by atoms with Gasteiger partial charge in [0, 0.05) is 12.8 Å². The van der Waals surface area contributed by atoms with Gasteiger partial charge < -0.3 is 20.3 Å². The molecule has 2 atom stereocenters. The van der Waals surface area contributed by atoms with Gasteiger partial charge in [0.15, 0.2) is 0 Å². The standard InChI is InChI=1S/C78H151NO5/c1-3-5-7-9-11-13-15-17-19-44-48-52-56-60-64-68-72-78(83)84-73-69-65-61-57-53-49-45-42-40-38-36-34-32-30-28-26-24-22-20-21-23-25-27-29-31-33-35-37-39-41-43-47-51-55-59-63-67-71-77(82)79-75(74-80)76(81)70-66-62-58-54-50-46-18-16-14-12-10-8-6-4-2/h20,22,66,70,75-76,80-81H,3-19,21,23-65,67-69,71-74H2,1-2H3,(H,79,82)/b22-20-,70-66+. The number of amides is 1. The van der Waals surface area contributed by atoms with Gasteiger partial charge in [0.1, 0.15) is 0 Å². The topological polar surface area (TPSA) is 95.9 Å². The number of rotatable bonds is 73. The van der Waals surface area contributed by atoms with E-state index in [1.165, 1.54) is 372 Å². The van der Waals surface area contributed by atoms with E-state index in [-0.39, 0.29) is 18.5 Å². The molecule has 3 N–H and O–H groups in total. The highest BCUT2D eigenvalue weighted by Crippen LogP contribution is 2.20. The molecule has 0 saturated carbocycles. The summed E-state index contributed by atoms with van der Waals surface area (Å²) < 4.78 is 5.51. The Hall–Kier alpha value is -1.66. The van der Waals surface area contributed by atoms with E-state index < -0.39 is 12.1 Å². The van der Waals surface area contributed by atoms with Gasteiger partial charge in [-0.3, -0.25) is 9.59 Å². The molecule has 0 aliphatic rings. The third-order valence-corrected chi connectivity index (χ3v) is 18.2. The molecule has 0 bridgehead atoms. The Balaban J connectivity index is 3.32. The zero-order valence-electron chi connectivity index (χ0n) is 57.2. The summed E-state index contributed by atoms with van der Waals surface area (Å²) in [5.74, 6) is -0.0360. The number of carbonyl (C=O) groups excluding carboxylic acids is 2. The Bertz CT molecular complexity index is 1320. The van der Waals surface area contributed by atoms with Crippen molar-refractivity contribution in [2.24, 2.45) is 0 Å². The average Bonchev–Trinajstić information content (AvgIpc) is 3.51. The van der Waals surface area contributed by atoms with Gasteiger partial charge in [0.2, 0.25) is 5.91 Å². The van der Waals surface area contributed by atoms with Crippen LogP contribution in [0.2, 0.25) is 0 Å². The van der Waals surface area contributed by atoms with Crippen LogP contribution in [0.4, 0.5) is 0 Å². The molecule has 0 aromatic rings. The lowest BCUT2D eigenvalue weighted by Crippen LogP contribution is -2.45. The van der Waals surface area contributed by atoms with Crippen molar-refractivity contribution in [3.63, 3.8) is 0 Å². The molecule has 6 heteroatoms. The molecule has 0 fully saturated rings. The van der Waals surface area contributed by atoms with Gasteiger partial charge in [-0.05, 0) is 57.8 Å². The van der Waals surface area contributed by atoms with Crippen LogP contribution in [0, 0.1) is 0 Å². The van der Waals surface area contributed by atoms with Crippen molar-refractivity contribution in [1.82, 2.24) is 5.32 Å². The fraction of sp³-hybridized carbons (Fsp3) is 0.923. The van der Waals surface area contributed by atoms with Crippen LogP contribution in [0.3, 0.4) is 0 Å². The number of carbonyl (C=O) groups is 2. The molecule has 0 aromatic carbocycles. The molecule has 84 heavy (non-hydrogen) atoms. The molecule has 2 unspecified atom stereocenters. The molecule has 0 rings (SSSR count). The van der Waals surface area contributed by atoms with Crippen LogP contribution in [0.5, 0.6) is 0 Å². The summed E-state index contributed by atoms with van der Waals surface area (Å²) >= 11 is 0. The van der Waals surface area contributed by atoms with Gasteiger partial charge in [0.05, 0.1) is 25.4 Å². The minimum absolute atomic E-state index is 0.0255. The van der Waals surface area contributed by atoms with E-state index in [0.29, 0.717) is 19.4 Å². The first-order valence-corrected chi connectivity index (χ1v) is 38.6. The number of hydrogen-bond acceptors (Lipinski definition) is 5. The van der Waals surface area contributed by atoms with E-state index in [1.54, 1.807) is 6.08 Å². The maximum Gasteiger partial charge on any atom is 0.305 e. The first-order valence-electron chi connectivity index (χ1n) is 38.6. The molecule has 6 nitrogen and oxygen atoms in total. The number of unbranched alkanes of at least 4 members (excludes halogenated alkanes) is 60. The van der Waals surface area contributed by atoms with Gasteiger partial charge in [-0.2, -0.15) is 0 Å². The highest BCUT2D eigenvalue weighted by molar-refractivity contribution is 5.76. The van der Waals surface area contributed by atoms with E-state index in [4.69, 9.17) is 4.74 Å². The van der Waals surface area contributed by atoms with Crippen LogP contribution >= 0.6 is 0 Å². The van der Waals surface area contributed by atoms with Crippen LogP contribution in [0.1, 0.15) is 438 Å². The Morgan fingerprint density at radius 2 is 0.560 bits per heavy atom. The van der Waals surface area contributed by atoms with Gasteiger partial charge in [0.25, 0.3) is 0 Å². The third kappa shape index (κ3) is 69.4. The van der Waals surface area contributed by atoms with Crippen molar-refractivity contribution in [2.45, 2.75) is 450 Å². The second kappa shape index (κ2) is 73.8. The van der Waals surface area contributed by atoms with Crippen molar-refractivity contribution in [2.75, 3.05) is 13.2 Å². The molecule has 0 spiro atoms. The summed E-state index contributed by atoms with van der Waals surface area (Å²) in [6.45, 7) is 4.95. The summed E-state index contributed by atoms with van der Waals surface area (Å²) in [6.07, 6.45) is 94.5. The smallest absolute Gasteiger partial charge is 0.305 e. The van der Waals surface area contributed by atoms with Crippen molar-refractivity contribution in [1.29, 1.82) is 0 Å². The quantitative estimate of drug-likeness (QED) is 0.0320. The molecule has 1 amide bonds. The average molecular weight is 1180 g/mol. The van der Waals surface area contributed by atoms with Gasteiger partial charge in [-0.1, -0.05) is 391 Å².